The van der Waals surface area contributed by atoms with Gasteiger partial charge in [0.2, 0.25) is 5.91 Å². The molecule has 124 valence electrons. The van der Waals surface area contributed by atoms with Crippen molar-refractivity contribution in [2.75, 3.05) is 13.1 Å². The van der Waals surface area contributed by atoms with Gasteiger partial charge in [-0.1, -0.05) is 24.3 Å². The van der Waals surface area contributed by atoms with E-state index in [1.807, 2.05) is 29.2 Å². The molecular formula is C17H23ClN4O. The molecule has 2 aromatic rings. The Morgan fingerprint density at radius 2 is 2.00 bits per heavy atom. The highest BCUT2D eigenvalue weighted by molar-refractivity contribution is 5.85. The Morgan fingerprint density at radius 1 is 1.26 bits per heavy atom. The average molecular weight is 335 g/mol. The number of nitrogens with zero attached hydrogens (tertiary/aromatic N) is 2. The monoisotopic (exact) mass is 334 g/mol. The second kappa shape index (κ2) is 8.70. The van der Waals surface area contributed by atoms with Crippen molar-refractivity contribution >= 4 is 18.3 Å². The Labute approximate surface area is 142 Å². The summed E-state index contributed by atoms with van der Waals surface area (Å²) in [4.78, 5) is 16.3. The second-order valence-corrected chi connectivity index (χ2v) is 5.75. The fraction of sp³-hybridized carbons (Fsp3) is 0.412. The van der Waals surface area contributed by atoms with Crippen LogP contribution < -0.4 is 10.6 Å². The summed E-state index contributed by atoms with van der Waals surface area (Å²) in [6, 6.07) is 8.23. The van der Waals surface area contributed by atoms with Crippen LogP contribution in [-0.2, 0) is 17.9 Å². The van der Waals surface area contributed by atoms with Crippen LogP contribution in [-0.4, -0.2) is 28.5 Å². The quantitative estimate of drug-likeness (QED) is 0.879. The third-order valence-corrected chi connectivity index (χ3v) is 4.19. The Hall–Kier alpha value is -1.85. The summed E-state index contributed by atoms with van der Waals surface area (Å²) in [6.45, 7) is 3.25. The Kier molecular flexibility index (Phi) is 6.62. The highest BCUT2D eigenvalue weighted by Gasteiger charge is 2.20. The van der Waals surface area contributed by atoms with Gasteiger partial charge in [0.05, 0.1) is 6.33 Å². The lowest BCUT2D eigenvalue weighted by molar-refractivity contribution is -0.125. The van der Waals surface area contributed by atoms with Crippen molar-refractivity contribution in [1.29, 1.82) is 0 Å². The SMILES string of the molecule is Cl.O=C(NCc1ccccc1Cn1ccnc1)C1CCNCC1. The molecule has 1 aromatic carbocycles. The van der Waals surface area contributed by atoms with Crippen LogP contribution in [0, 0.1) is 5.92 Å². The van der Waals surface area contributed by atoms with Crippen LogP contribution in [0.5, 0.6) is 0 Å². The molecule has 1 saturated heterocycles. The lowest BCUT2D eigenvalue weighted by Gasteiger charge is -2.22. The minimum atomic E-state index is 0. The minimum absolute atomic E-state index is 0. The predicted molar refractivity (Wildman–Crippen MR) is 92.5 cm³/mol. The standard InChI is InChI=1S/C17H22N4O.ClH/c22-17(14-5-7-18-8-6-14)20-11-15-3-1-2-4-16(15)12-21-10-9-19-13-21;/h1-4,9-10,13-14,18H,5-8,11-12H2,(H,20,22);1H. The van der Waals surface area contributed by atoms with Crippen LogP contribution in [0.15, 0.2) is 43.0 Å². The van der Waals surface area contributed by atoms with Crippen LogP contribution >= 0.6 is 12.4 Å². The van der Waals surface area contributed by atoms with E-state index in [-0.39, 0.29) is 24.2 Å². The number of piperidine rings is 1. The van der Waals surface area contributed by atoms with E-state index in [1.165, 1.54) is 11.1 Å². The molecule has 23 heavy (non-hydrogen) atoms. The maximum absolute atomic E-state index is 12.2. The van der Waals surface area contributed by atoms with Crippen molar-refractivity contribution in [1.82, 2.24) is 20.2 Å². The van der Waals surface area contributed by atoms with E-state index in [1.54, 1.807) is 6.20 Å². The maximum atomic E-state index is 12.2. The number of carbonyl (C=O) groups is 1. The summed E-state index contributed by atoms with van der Waals surface area (Å²) in [5, 5.41) is 6.39. The van der Waals surface area contributed by atoms with E-state index < -0.39 is 0 Å². The molecule has 5 nitrogen and oxygen atoms in total. The molecule has 1 amide bonds. The molecule has 2 heterocycles. The van der Waals surface area contributed by atoms with Crippen LogP contribution in [0.2, 0.25) is 0 Å². The van der Waals surface area contributed by atoms with Gasteiger partial charge in [0.15, 0.2) is 0 Å². The van der Waals surface area contributed by atoms with E-state index in [0.717, 1.165) is 32.5 Å². The Balaban J connectivity index is 0.00000192. The number of benzene rings is 1. The number of halogens is 1. The van der Waals surface area contributed by atoms with Gasteiger partial charge in [0.25, 0.3) is 0 Å². The number of aromatic nitrogens is 2. The normalized spacial score (nSPS) is 15.0. The van der Waals surface area contributed by atoms with Gasteiger partial charge in [0, 0.05) is 31.4 Å². The zero-order valence-electron chi connectivity index (χ0n) is 13.1. The molecule has 0 spiro atoms. The van der Waals surface area contributed by atoms with E-state index in [0.29, 0.717) is 6.54 Å². The first-order valence-electron chi connectivity index (χ1n) is 7.84. The van der Waals surface area contributed by atoms with E-state index in [4.69, 9.17) is 0 Å². The van der Waals surface area contributed by atoms with Crippen LogP contribution in [0.3, 0.4) is 0 Å². The summed E-state index contributed by atoms with van der Waals surface area (Å²) in [5.41, 5.74) is 2.38. The molecule has 0 radical (unpaired) electrons. The zero-order chi connectivity index (χ0) is 15.2. The van der Waals surface area contributed by atoms with Gasteiger partial charge in [-0.3, -0.25) is 4.79 Å². The van der Waals surface area contributed by atoms with Gasteiger partial charge in [-0.15, -0.1) is 12.4 Å². The summed E-state index contributed by atoms with van der Waals surface area (Å²) >= 11 is 0. The molecule has 3 rings (SSSR count). The van der Waals surface area contributed by atoms with Gasteiger partial charge >= 0.3 is 0 Å². The number of rotatable bonds is 5. The number of hydrogen-bond donors (Lipinski definition) is 2. The molecule has 1 aromatic heterocycles. The number of carbonyl (C=O) groups excluding carboxylic acids is 1. The van der Waals surface area contributed by atoms with Crippen LogP contribution in [0.1, 0.15) is 24.0 Å². The number of imidazole rings is 1. The van der Waals surface area contributed by atoms with Gasteiger partial charge in [0.1, 0.15) is 0 Å². The zero-order valence-corrected chi connectivity index (χ0v) is 13.9. The molecule has 0 saturated carbocycles. The molecule has 1 aliphatic rings. The highest BCUT2D eigenvalue weighted by Crippen LogP contribution is 2.14. The molecule has 0 unspecified atom stereocenters. The predicted octanol–water partition coefficient (Wildman–Crippen LogP) is 1.97. The van der Waals surface area contributed by atoms with Gasteiger partial charge in [-0.25, -0.2) is 4.98 Å². The maximum Gasteiger partial charge on any atom is 0.223 e. The Morgan fingerprint density at radius 3 is 2.70 bits per heavy atom. The summed E-state index contributed by atoms with van der Waals surface area (Å²) < 4.78 is 2.04. The number of hydrogen-bond acceptors (Lipinski definition) is 3. The van der Waals surface area contributed by atoms with Crippen LogP contribution in [0.4, 0.5) is 0 Å². The van der Waals surface area contributed by atoms with Gasteiger partial charge in [-0.05, 0) is 37.1 Å². The summed E-state index contributed by atoms with van der Waals surface area (Å²) in [7, 11) is 0. The second-order valence-electron chi connectivity index (χ2n) is 5.75. The topological polar surface area (TPSA) is 59.0 Å². The van der Waals surface area contributed by atoms with E-state index >= 15 is 0 Å². The number of amides is 1. The summed E-state index contributed by atoms with van der Waals surface area (Å²) in [5.74, 6) is 0.334. The van der Waals surface area contributed by atoms with Crippen molar-refractivity contribution in [3.63, 3.8) is 0 Å². The average Bonchev–Trinajstić information content (AvgIpc) is 3.07. The van der Waals surface area contributed by atoms with Crippen LogP contribution in [0.25, 0.3) is 0 Å². The third-order valence-electron chi connectivity index (χ3n) is 4.19. The first kappa shape index (κ1) is 17.5. The van der Waals surface area contributed by atoms with Crippen molar-refractivity contribution in [2.24, 2.45) is 5.92 Å². The molecule has 1 fully saturated rings. The fourth-order valence-corrected chi connectivity index (χ4v) is 2.87. The minimum Gasteiger partial charge on any atom is -0.352 e. The third kappa shape index (κ3) is 4.81. The molecular weight excluding hydrogens is 312 g/mol. The molecule has 1 aliphatic heterocycles. The van der Waals surface area contributed by atoms with E-state index in [9.17, 15) is 4.79 Å². The molecule has 0 atom stereocenters. The summed E-state index contributed by atoms with van der Waals surface area (Å²) in [6.07, 6.45) is 7.40. The van der Waals surface area contributed by atoms with Crippen molar-refractivity contribution in [3.8, 4) is 0 Å². The molecule has 2 N–H and O–H groups in total. The molecule has 0 aliphatic carbocycles. The van der Waals surface area contributed by atoms with Gasteiger partial charge in [-0.2, -0.15) is 0 Å². The lowest BCUT2D eigenvalue weighted by atomic mass is 9.97. The fourth-order valence-electron chi connectivity index (χ4n) is 2.87. The molecule has 6 heteroatoms. The largest absolute Gasteiger partial charge is 0.352 e. The van der Waals surface area contributed by atoms with E-state index in [2.05, 4.69) is 27.8 Å². The van der Waals surface area contributed by atoms with Crippen molar-refractivity contribution in [3.05, 3.63) is 54.1 Å². The van der Waals surface area contributed by atoms with Gasteiger partial charge < -0.3 is 15.2 Å². The first-order chi connectivity index (χ1) is 10.8. The smallest absolute Gasteiger partial charge is 0.223 e. The first-order valence-corrected chi connectivity index (χ1v) is 7.84. The van der Waals surface area contributed by atoms with Crippen molar-refractivity contribution < 1.29 is 4.79 Å². The highest BCUT2D eigenvalue weighted by atomic mass is 35.5. The molecule has 0 bridgehead atoms. The Bertz CT molecular complexity index is 609. The lowest BCUT2D eigenvalue weighted by Crippen LogP contribution is -2.38. The number of nitrogens with one attached hydrogen (secondary N) is 2. The van der Waals surface area contributed by atoms with Crippen molar-refractivity contribution in [2.45, 2.75) is 25.9 Å².